The van der Waals surface area contributed by atoms with Crippen molar-refractivity contribution in [3.8, 4) is 11.5 Å². The van der Waals surface area contributed by atoms with E-state index in [0.29, 0.717) is 0 Å². The fourth-order valence-corrected chi connectivity index (χ4v) is 1.42. The first-order valence-corrected chi connectivity index (χ1v) is 4.77. The molecule has 0 saturated heterocycles. The second-order valence-corrected chi connectivity index (χ2v) is 3.11. The summed E-state index contributed by atoms with van der Waals surface area (Å²) in [6.07, 6.45) is 0.948. The quantitative estimate of drug-likeness (QED) is 0.617. The van der Waals surface area contributed by atoms with Gasteiger partial charge in [-0.15, -0.1) is 0 Å². The topological polar surface area (TPSA) is 18.5 Å². The summed E-state index contributed by atoms with van der Waals surface area (Å²) in [5.74, 6) is 2.39. The van der Waals surface area contributed by atoms with Crippen LogP contribution in [0.2, 0.25) is 0 Å². The summed E-state index contributed by atoms with van der Waals surface area (Å²) in [5, 5.41) is 0. The van der Waals surface area contributed by atoms with Crippen molar-refractivity contribution in [3.05, 3.63) is 23.8 Å². The largest absolute Gasteiger partial charge is 0.493 e. The smallest absolute Gasteiger partial charge is 0.160 e. The maximum Gasteiger partial charge on any atom is 0.160 e. The number of ether oxygens (including phenoxy) is 2. The Morgan fingerprint density at radius 1 is 1.14 bits per heavy atom. The molecule has 0 amide bonds. The second-order valence-electron chi connectivity index (χ2n) is 2.66. The van der Waals surface area contributed by atoms with Gasteiger partial charge in [-0.05, 0) is 29.9 Å². The summed E-state index contributed by atoms with van der Waals surface area (Å²) >= 11 is 4.17. The SMILES string of the molecule is COc1ccc(CCS)cc1OC.[Na]. The van der Waals surface area contributed by atoms with E-state index in [1.165, 1.54) is 5.56 Å². The molecule has 1 aromatic carbocycles. The van der Waals surface area contributed by atoms with Crippen LogP contribution in [0.4, 0.5) is 0 Å². The molecule has 0 heterocycles. The third-order valence-corrected chi connectivity index (χ3v) is 2.07. The predicted molar refractivity (Wildman–Crippen MR) is 62.9 cm³/mol. The van der Waals surface area contributed by atoms with Crippen LogP contribution in [-0.4, -0.2) is 49.5 Å². The molecule has 4 heteroatoms. The molecule has 2 nitrogen and oxygen atoms in total. The first-order valence-electron chi connectivity index (χ1n) is 4.13. The zero-order valence-corrected chi connectivity index (χ0v) is 11.8. The summed E-state index contributed by atoms with van der Waals surface area (Å²) in [5.41, 5.74) is 1.22. The minimum Gasteiger partial charge on any atom is -0.493 e. The Morgan fingerprint density at radius 2 is 1.79 bits per heavy atom. The summed E-state index contributed by atoms with van der Waals surface area (Å²) in [6, 6.07) is 5.92. The van der Waals surface area contributed by atoms with E-state index in [2.05, 4.69) is 12.6 Å². The number of aryl methyl sites for hydroxylation is 1. The summed E-state index contributed by atoms with van der Waals surface area (Å²) in [7, 11) is 3.28. The Labute approximate surface area is 113 Å². The maximum atomic E-state index is 5.17. The van der Waals surface area contributed by atoms with Gasteiger partial charge in [0.15, 0.2) is 11.5 Å². The van der Waals surface area contributed by atoms with E-state index in [4.69, 9.17) is 9.47 Å². The summed E-state index contributed by atoms with van der Waals surface area (Å²) < 4.78 is 10.3. The van der Waals surface area contributed by atoms with Gasteiger partial charge in [0.2, 0.25) is 0 Å². The van der Waals surface area contributed by atoms with E-state index in [1.807, 2.05) is 18.2 Å². The Bertz CT molecular complexity index is 279. The van der Waals surface area contributed by atoms with Gasteiger partial charge >= 0.3 is 0 Å². The van der Waals surface area contributed by atoms with E-state index in [0.717, 1.165) is 23.7 Å². The molecule has 0 spiro atoms. The first kappa shape index (κ1) is 14.2. The number of benzene rings is 1. The number of methoxy groups -OCH3 is 2. The van der Waals surface area contributed by atoms with Gasteiger partial charge in [-0.1, -0.05) is 6.07 Å². The summed E-state index contributed by atoms with van der Waals surface area (Å²) in [6.45, 7) is 0. The minimum absolute atomic E-state index is 0. The van der Waals surface area contributed by atoms with Crippen LogP contribution >= 0.6 is 12.6 Å². The van der Waals surface area contributed by atoms with Gasteiger partial charge in [-0.3, -0.25) is 0 Å². The number of hydrogen-bond donors (Lipinski definition) is 1. The molecule has 0 saturated carbocycles. The Kier molecular flexibility index (Phi) is 7.55. The van der Waals surface area contributed by atoms with E-state index < -0.39 is 0 Å². The number of hydrogen-bond acceptors (Lipinski definition) is 3. The standard InChI is InChI=1S/C10H14O2S.Na/c1-11-9-4-3-8(5-6-13)7-10(9)12-2;/h3-4,7,13H,5-6H2,1-2H3;. The van der Waals surface area contributed by atoms with Crippen LogP contribution in [0.5, 0.6) is 11.5 Å². The molecule has 14 heavy (non-hydrogen) atoms. The van der Waals surface area contributed by atoms with Gasteiger partial charge in [0.1, 0.15) is 0 Å². The first-order chi connectivity index (χ1) is 6.31. The van der Waals surface area contributed by atoms with Crippen LogP contribution in [0.1, 0.15) is 5.56 Å². The average molecular weight is 221 g/mol. The van der Waals surface area contributed by atoms with Gasteiger partial charge < -0.3 is 9.47 Å². The second kappa shape index (κ2) is 7.46. The maximum absolute atomic E-state index is 5.17. The number of rotatable bonds is 4. The van der Waals surface area contributed by atoms with Crippen LogP contribution in [0.25, 0.3) is 0 Å². The van der Waals surface area contributed by atoms with Crippen molar-refractivity contribution in [2.75, 3.05) is 20.0 Å². The van der Waals surface area contributed by atoms with E-state index >= 15 is 0 Å². The third-order valence-electron chi connectivity index (χ3n) is 1.85. The third kappa shape index (κ3) is 3.73. The Balaban J connectivity index is 0.00000169. The van der Waals surface area contributed by atoms with Crippen molar-refractivity contribution in [2.24, 2.45) is 0 Å². The molecule has 1 rings (SSSR count). The molecular weight excluding hydrogens is 207 g/mol. The zero-order valence-electron chi connectivity index (χ0n) is 8.91. The van der Waals surface area contributed by atoms with Crippen LogP contribution < -0.4 is 9.47 Å². The molecule has 1 aromatic rings. The molecule has 0 aliphatic rings. The zero-order chi connectivity index (χ0) is 9.68. The fraction of sp³-hybridized carbons (Fsp3) is 0.400. The molecule has 0 unspecified atom stereocenters. The van der Waals surface area contributed by atoms with Crippen LogP contribution in [-0.2, 0) is 6.42 Å². The fourth-order valence-electron chi connectivity index (χ4n) is 1.17. The number of thiol groups is 1. The van der Waals surface area contributed by atoms with Gasteiger partial charge in [0, 0.05) is 29.6 Å². The van der Waals surface area contributed by atoms with Crippen LogP contribution in [0, 0.1) is 0 Å². The van der Waals surface area contributed by atoms with Gasteiger partial charge in [0.05, 0.1) is 14.2 Å². The molecule has 0 aliphatic carbocycles. The van der Waals surface area contributed by atoms with Crippen molar-refractivity contribution in [1.82, 2.24) is 0 Å². The average Bonchev–Trinajstić information content (AvgIpc) is 2.18. The van der Waals surface area contributed by atoms with Crippen LogP contribution in [0.3, 0.4) is 0 Å². The Morgan fingerprint density at radius 3 is 2.29 bits per heavy atom. The molecule has 73 valence electrons. The molecule has 1 radical (unpaired) electrons. The van der Waals surface area contributed by atoms with Crippen LogP contribution in [0.15, 0.2) is 18.2 Å². The van der Waals surface area contributed by atoms with Crippen molar-refractivity contribution in [3.63, 3.8) is 0 Å². The monoisotopic (exact) mass is 221 g/mol. The minimum atomic E-state index is 0. The van der Waals surface area contributed by atoms with Crippen molar-refractivity contribution in [2.45, 2.75) is 6.42 Å². The molecule has 0 bridgehead atoms. The molecular formula is C10H14NaO2S. The van der Waals surface area contributed by atoms with Gasteiger partial charge in [0.25, 0.3) is 0 Å². The molecule has 0 aliphatic heterocycles. The molecule has 0 aromatic heterocycles. The van der Waals surface area contributed by atoms with E-state index in [-0.39, 0.29) is 29.6 Å². The molecule has 0 N–H and O–H groups in total. The van der Waals surface area contributed by atoms with E-state index in [9.17, 15) is 0 Å². The van der Waals surface area contributed by atoms with Crippen molar-refractivity contribution < 1.29 is 9.47 Å². The molecule has 0 fully saturated rings. The van der Waals surface area contributed by atoms with Crippen molar-refractivity contribution >= 4 is 42.2 Å². The Hall–Kier alpha value is 0.170. The van der Waals surface area contributed by atoms with Gasteiger partial charge in [-0.2, -0.15) is 12.6 Å². The predicted octanol–water partition coefficient (Wildman–Crippen LogP) is 1.80. The van der Waals surface area contributed by atoms with Gasteiger partial charge in [-0.25, -0.2) is 0 Å². The molecule has 0 atom stereocenters. The summed E-state index contributed by atoms with van der Waals surface area (Å²) in [4.78, 5) is 0. The van der Waals surface area contributed by atoms with E-state index in [1.54, 1.807) is 14.2 Å². The van der Waals surface area contributed by atoms with Crippen molar-refractivity contribution in [1.29, 1.82) is 0 Å². The normalized spacial score (nSPS) is 9.07.